The molecule has 1 saturated carbocycles. The molecule has 0 radical (unpaired) electrons. The Morgan fingerprint density at radius 3 is 2.44 bits per heavy atom. The summed E-state index contributed by atoms with van der Waals surface area (Å²) in [6.45, 7) is 4.03. The average Bonchev–Trinajstić information content (AvgIpc) is 2.68. The maximum absolute atomic E-state index is 13.0. The van der Waals surface area contributed by atoms with Crippen molar-refractivity contribution in [2.75, 3.05) is 26.2 Å². The van der Waals surface area contributed by atoms with Gasteiger partial charge in [-0.1, -0.05) is 67.1 Å². The van der Waals surface area contributed by atoms with E-state index in [0.29, 0.717) is 6.54 Å². The van der Waals surface area contributed by atoms with Crippen LogP contribution in [0.25, 0.3) is 0 Å². The highest BCUT2D eigenvalue weighted by molar-refractivity contribution is 5.89. The molecule has 27 heavy (non-hydrogen) atoms. The summed E-state index contributed by atoms with van der Waals surface area (Å²) in [6.07, 6.45) is 3.05. The lowest BCUT2D eigenvalue weighted by atomic mass is 9.64. The maximum atomic E-state index is 13.0. The molecule has 1 saturated heterocycles. The molecule has 2 aromatic carbocycles. The van der Waals surface area contributed by atoms with Gasteiger partial charge in [-0.25, -0.2) is 0 Å². The number of rotatable bonds is 6. The van der Waals surface area contributed by atoms with Crippen molar-refractivity contribution >= 4 is 5.91 Å². The first-order valence-electron chi connectivity index (χ1n) is 9.98. The van der Waals surface area contributed by atoms with Crippen molar-refractivity contribution < 1.29 is 9.53 Å². The van der Waals surface area contributed by atoms with Gasteiger partial charge in [0.2, 0.25) is 5.91 Å². The summed E-state index contributed by atoms with van der Waals surface area (Å²) in [5.74, 6) is 0.156. The molecule has 0 aromatic heterocycles. The zero-order chi connectivity index (χ0) is 18.5. The van der Waals surface area contributed by atoms with E-state index in [1.165, 1.54) is 5.56 Å². The Bertz CT molecular complexity index is 743. The van der Waals surface area contributed by atoms with E-state index in [1.807, 2.05) is 24.3 Å². The molecular formula is C23H28N2O2. The molecule has 1 N–H and O–H groups in total. The molecule has 2 aliphatic rings. The van der Waals surface area contributed by atoms with Gasteiger partial charge in [0.15, 0.2) is 0 Å². The molecule has 0 spiro atoms. The summed E-state index contributed by atoms with van der Waals surface area (Å²) in [4.78, 5) is 15.4. The molecule has 1 amide bonds. The first kappa shape index (κ1) is 18.2. The molecule has 1 atom stereocenters. The first-order chi connectivity index (χ1) is 13.3. The van der Waals surface area contributed by atoms with Crippen LogP contribution in [0.2, 0.25) is 0 Å². The minimum absolute atomic E-state index is 0.0549. The molecule has 4 nitrogen and oxygen atoms in total. The van der Waals surface area contributed by atoms with E-state index in [2.05, 4.69) is 46.6 Å². The van der Waals surface area contributed by atoms with E-state index in [0.717, 1.165) is 51.1 Å². The van der Waals surface area contributed by atoms with Gasteiger partial charge < -0.3 is 10.1 Å². The number of carbonyl (C=O) groups is 1. The van der Waals surface area contributed by atoms with Crippen LogP contribution in [-0.4, -0.2) is 43.2 Å². The van der Waals surface area contributed by atoms with E-state index in [4.69, 9.17) is 4.74 Å². The molecule has 142 valence electrons. The fourth-order valence-electron chi connectivity index (χ4n) is 4.20. The van der Waals surface area contributed by atoms with Crippen molar-refractivity contribution in [2.45, 2.75) is 37.3 Å². The predicted octanol–water partition coefficient (Wildman–Crippen LogP) is 3.13. The molecule has 1 unspecified atom stereocenters. The van der Waals surface area contributed by atoms with E-state index in [-0.39, 0.29) is 17.4 Å². The Morgan fingerprint density at radius 1 is 1.07 bits per heavy atom. The van der Waals surface area contributed by atoms with E-state index in [1.54, 1.807) is 0 Å². The monoisotopic (exact) mass is 364 g/mol. The largest absolute Gasteiger partial charge is 0.374 e. The van der Waals surface area contributed by atoms with E-state index >= 15 is 0 Å². The van der Waals surface area contributed by atoms with Gasteiger partial charge in [-0.05, 0) is 24.0 Å². The zero-order valence-corrected chi connectivity index (χ0v) is 15.8. The molecule has 4 rings (SSSR count). The minimum Gasteiger partial charge on any atom is -0.374 e. The normalized spacial score (nSPS) is 22.0. The Hall–Kier alpha value is -2.17. The van der Waals surface area contributed by atoms with Crippen molar-refractivity contribution in [1.82, 2.24) is 10.2 Å². The lowest BCUT2D eigenvalue weighted by molar-refractivity contribution is -0.131. The summed E-state index contributed by atoms with van der Waals surface area (Å²) in [7, 11) is 0. The van der Waals surface area contributed by atoms with Crippen molar-refractivity contribution in [3.05, 3.63) is 71.8 Å². The van der Waals surface area contributed by atoms with Gasteiger partial charge in [0.1, 0.15) is 0 Å². The summed E-state index contributed by atoms with van der Waals surface area (Å²) in [5.41, 5.74) is 2.13. The van der Waals surface area contributed by atoms with Crippen LogP contribution in [0, 0.1) is 0 Å². The summed E-state index contributed by atoms with van der Waals surface area (Å²) < 4.78 is 5.91. The van der Waals surface area contributed by atoms with Crippen LogP contribution in [0.4, 0.5) is 0 Å². The summed E-state index contributed by atoms with van der Waals surface area (Å²) >= 11 is 0. The number of morpholine rings is 1. The van der Waals surface area contributed by atoms with Crippen molar-refractivity contribution in [3.8, 4) is 0 Å². The zero-order valence-electron chi connectivity index (χ0n) is 15.8. The number of hydrogen-bond acceptors (Lipinski definition) is 3. The number of carbonyl (C=O) groups excluding carboxylic acids is 1. The predicted molar refractivity (Wildman–Crippen MR) is 106 cm³/mol. The standard InChI is InChI=1S/C23H28N2O2/c26-22(23(12-7-13-23)20-10-5-2-6-11-20)24-16-21-18-25(14-15-27-21)17-19-8-3-1-4-9-19/h1-6,8-11,21H,7,12-18H2,(H,24,26). The molecule has 1 aliphatic carbocycles. The second-order valence-corrected chi connectivity index (χ2v) is 7.73. The fraction of sp³-hybridized carbons (Fsp3) is 0.435. The molecule has 1 heterocycles. The molecular weight excluding hydrogens is 336 g/mol. The van der Waals surface area contributed by atoms with Crippen LogP contribution in [-0.2, 0) is 21.5 Å². The maximum Gasteiger partial charge on any atom is 0.230 e. The van der Waals surface area contributed by atoms with E-state index < -0.39 is 0 Å². The van der Waals surface area contributed by atoms with Gasteiger partial charge in [-0.3, -0.25) is 9.69 Å². The second kappa shape index (κ2) is 8.24. The quantitative estimate of drug-likeness (QED) is 0.856. The second-order valence-electron chi connectivity index (χ2n) is 7.73. The van der Waals surface area contributed by atoms with Crippen LogP contribution >= 0.6 is 0 Å². The van der Waals surface area contributed by atoms with Gasteiger partial charge >= 0.3 is 0 Å². The highest BCUT2D eigenvalue weighted by atomic mass is 16.5. The summed E-state index contributed by atoms with van der Waals surface area (Å²) in [6, 6.07) is 20.7. The lowest BCUT2D eigenvalue weighted by Gasteiger charge is -2.41. The summed E-state index contributed by atoms with van der Waals surface area (Å²) in [5, 5.41) is 3.19. The number of amides is 1. The van der Waals surface area contributed by atoms with Crippen LogP contribution in [0.15, 0.2) is 60.7 Å². The Morgan fingerprint density at radius 2 is 1.78 bits per heavy atom. The topological polar surface area (TPSA) is 41.6 Å². The number of nitrogens with zero attached hydrogens (tertiary/aromatic N) is 1. The molecule has 2 aromatic rings. The number of nitrogens with one attached hydrogen (secondary N) is 1. The van der Waals surface area contributed by atoms with Gasteiger partial charge in [0, 0.05) is 26.2 Å². The minimum atomic E-state index is -0.334. The first-order valence-corrected chi connectivity index (χ1v) is 9.98. The SMILES string of the molecule is O=C(NCC1CN(Cc2ccccc2)CCO1)C1(c2ccccc2)CCC1. The third-order valence-corrected chi connectivity index (χ3v) is 5.93. The smallest absolute Gasteiger partial charge is 0.230 e. The number of benzene rings is 2. The van der Waals surface area contributed by atoms with Crippen LogP contribution in [0.3, 0.4) is 0 Å². The van der Waals surface area contributed by atoms with Crippen LogP contribution in [0.5, 0.6) is 0 Å². The average molecular weight is 364 g/mol. The Kier molecular flexibility index (Phi) is 5.55. The Balaban J connectivity index is 1.32. The third kappa shape index (κ3) is 4.07. The number of hydrogen-bond donors (Lipinski definition) is 1. The molecule has 2 fully saturated rings. The van der Waals surface area contributed by atoms with Gasteiger partial charge in [0.05, 0.1) is 18.1 Å². The van der Waals surface area contributed by atoms with Crippen LogP contribution in [0.1, 0.15) is 30.4 Å². The molecule has 1 aliphatic heterocycles. The molecule has 0 bridgehead atoms. The van der Waals surface area contributed by atoms with Gasteiger partial charge in [0.25, 0.3) is 0 Å². The van der Waals surface area contributed by atoms with E-state index in [9.17, 15) is 4.79 Å². The van der Waals surface area contributed by atoms with Crippen molar-refractivity contribution in [2.24, 2.45) is 0 Å². The third-order valence-electron chi connectivity index (χ3n) is 5.93. The number of ether oxygens (including phenoxy) is 1. The fourth-order valence-corrected chi connectivity index (χ4v) is 4.20. The van der Waals surface area contributed by atoms with Gasteiger partial charge in [-0.15, -0.1) is 0 Å². The van der Waals surface area contributed by atoms with Gasteiger partial charge in [-0.2, -0.15) is 0 Å². The Labute approximate surface area is 161 Å². The van der Waals surface area contributed by atoms with Crippen molar-refractivity contribution in [3.63, 3.8) is 0 Å². The highest BCUT2D eigenvalue weighted by Crippen LogP contribution is 2.43. The van der Waals surface area contributed by atoms with Crippen LogP contribution < -0.4 is 5.32 Å². The lowest BCUT2D eigenvalue weighted by Crippen LogP contribution is -2.53. The molecule has 4 heteroatoms. The highest BCUT2D eigenvalue weighted by Gasteiger charge is 2.45. The van der Waals surface area contributed by atoms with Crippen molar-refractivity contribution in [1.29, 1.82) is 0 Å².